The van der Waals surface area contributed by atoms with E-state index in [1.54, 1.807) is 13.1 Å². The van der Waals surface area contributed by atoms with Gasteiger partial charge in [-0.1, -0.05) is 50.8 Å². The molecule has 0 aliphatic carbocycles. The van der Waals surface area contributed by atoms with E-state index in [1.165, 1.54) is 6.07 Å². The van der Waals surface area contributed by atoms with Crippen LogP contribution in [0.15, 0.2) is 119 Å². The van der Waals surface area contributed by atoms with E-state index in [-0.39, 0.29) is 45.1 Å². The van der Waals surface area contributed by atoms with Crippen LogP contribution in [-0.2, 0) is 16.1 Å². The van der Waals surface area contributed by atoms with Gasteiger partial charge in [-0.2, -0.15) is 0 Å². The molecule has 8 heteroatoms. The number of carbonyl (C=O) groups excluding carboxylic acids is 2. The van der Waals surface area contributed by atoms with Crippen molar-refractivity contribution < 1.29 is 22.6 Å². The number of Topliss-reactive ketones (excluding diaryl/α,β-unsaturated/α-hetero) is 1. The van der Waals surface area contributed by atoms with E-state index in [4.69, 9.17) is 0 Å². The third-order valence-electron chi connectivity index (χ3n) is 7.68. The van der Waals surface area contributed by atoms with Crippen LogP contribution in [0, 0.1) is 17.6 Å². The zero-order valence-corrected chi connectivity index (χ0v) is 23.3. The lowest BCUT2D eigenvalue weighted by atomic mass is 9.83. The topological polar surface area (TPSA) is 64.7 Å². The first-order valence-corrected chi connectivity index (χ1v) is 13.2. The number of nitrogens with one attached hydrogen (secondary N) is 2. The van der Waals surface area contributed by atoms with Crippen molar-refractivity contribution in [3.05, 3.63) is 137 Å². The molecule has 216 valence electrons. The fourth-order valence-electron chi connectivity index (χ4n) is 5.79. The van der Waals surface area contributed by atoms with E-state index < -0.39 is 23.5 Å². The molecule has 3 aliphatic rings. The number of ketones is 1. The van der Waals surface area contributed by atoms with Crippen LogP contribution in [0.5, 0.6) is 0 Å². The number of rotatable bonds is 9. The number of hydrogen-bond donors (Lipinski definition) is 2. The molecule has 4 rings (SSSR count). The molecular formula is C33H38F2N4O2. The summed E-state index contributed by atoms with van der Waals surface area (Å²) in [6, 6.07) is 3.06. The second kappa shape index (κ2) is 11.7. The number of halogens is 2. The van der Waals surface area contributed by atoms with Gasteiger partial charge >= 0.3 is 0 Å². The Balaban J connectivity index is 0.00000323. The molecule has 3 heterocycles. The van der Waals surface area contributed by atoms with Crippen LogP contribution < -0.4 is 10.6 Å². The van der Waals surface area contributed by atoms with E-state index in [0.29, 0.717) is 36.4 Å². The fourth-order valence-corrected chi connectivity index (χ4v) is 5.79. The smallest absolute Gasteiger partial charge is 0.254 e. The van der Waals surface area contributed by atoms with Crippen molar-refractivity contribution in [1.82, 2.24) is 20.4 Å². The zero-order chi connectivity index (χ0) is 30.0. The Morgan fingerprint density at radius 2 is 1.95 bits per heavy atom. The van der Waals surface area contributed by atoms with Crippen LogP contribution >= 0.6 is 0 Å². The standard InChI is InChI=1S/C33H32F2N4O2.3H2/c1-8-23-24(9-2)30-28(11-4)38(12-5)18-22-16-25(19(6)32(40)27(10-3)36-7)31(39(22)30)29(23)33(41)37-17-20-13-14-21(34)15-26(20)35;;;/h9,13-15,22,25,36H,1-4,6,12,16-18H2,5,7H3,(H,37,41);3*1H/t22-,25?;;;/m0.../s1. The second-order valence-electron chi connectivity index (χ2n) is 9.73. The average molecular weight is 561 g/mol. The Kier molecular flexibility index (Phi) is 8.32. The first kappa shape index (κ1) is 29.1. The molecule has 6 nitrogen and oxygen atoms in total. The van der Waals surface area contributed by atoms with Crippen molar-refractivity contribution in [2.45, 2.75) is 25.9 Å². The molecule has 0 aromatic heterocycles. The van der Waals surface area contributed by atoms with Gasteiger partial charge in [0, 0.05) is 70.9 Å². The van der Waals surface area contributed by atoms with E-state index in [2.05, 4.69) is 65.6 Å². The van der Waals surface area contributed by atoms with E-state index in [9.17, 15) is 18.4 Å². The lowest BCUT2D eigenvalue weighted by molar-refractivity contribution is -0.117. The predicted octanol–water partition coefficient (Wildman–Crippen LogP) is 5.45. The van der Waals surface area contributed by atoms with Crippen LogP contribution in [0.4, 0.5) is 8.78 Å². The summed E-state index contributed by atoms with van der Waals surface area (Å²) in [5.41, 5.74) is 12.4. The fraction of sp³-hybridized carbons (Fsp3) is 0.242. The third-order valence-corrected chi connectivity index (χ3v) is 7.68. The second-order valence-corrected chi connectivity index (χ2v) is 9.73. The molecule has 1 amide bonds. The van der Waals surface area contributed by atoms with Gasteiger partial charge < -0.3 is 20.4 Å². The highest BCUT2D eigenvalue weighted by molar-refractivity contribution is 6.08. The maximum atomic E-state index is 14.4. The molecular weight excluding hydrogens is 522 g/mol. The number of benzene rings is 1. The van der Waals surface area contributed by atoms with Gasteiger partial charge in [-0.25, -0.2) is 8.78 Å². The summed E-state index contributed by atoms with van der Waals surface area (Å²) >= 11 is 0. The summed E-state index contributed by atoms with van der Waals surface area (Å²) in [7, 11) is 1.60. The van der Waals surface area contributed by atoms with Crippen LogP contribution in [0.1, 0.15) is 23.2 Å². The van der Waals surface area contributed by atoms with Crippen molar-refractivity contribution >= 4 is 11.7 Å². The Morgan fingerprint density at radius 3 is 2.51 bits per heavy atom. The first-order valence-electron chi connectivity index (χ1n) is 13.2. The maximum absolute atomic E-state index is 14.4. The van der Waals surface area contributed by atoms with Gasteiger partial charge in [0.25, 0.3) is 5.91 Å². The van der Waals surface area contributed by atoms with Gasteiger partial charge in [0.15, 0.2) is 0 Å². The molecule has 2 atom stereocenters. The van der Waals surface area contributed by atoms with Gasteiger partial charge in [0.2, 0.25) is 5.78 Å². The van der Waals surface area contributed by atoms with Gasteiger partial charge in [-0.3, -0.25) is 9.59 Å². The van der Waals surface area contributed by atoms with E-state index >= 15 is 0 Å². The summed E-state index contributed by atoms with van der Waals surface area (Å²) in [6.07, 6.45) is 2.13. The summed E-state index contributed by atoms with van der Waals surface area (Å²) in [5, 5.41) is 5.57. The van der Waals surface area contributed by atoms with Gasteiger partial charge in [-0.15, -0.1) is 11.5 Å². The minimum absolute atomic E-state index is 0. The molecule has 0 spiro atoms. The Hall–Kier alpha value is -4.86. The molecule has 41 heavy (non-hydrogen) atoms. The van der Waals surface area contributed by atoms with Crippen LogP contribution in [0.2, 0.25) is 0 Å². The number of amides is 1. The first-order chi connectivity index (χ1) is 19.7. The Bertz CT molecular complexity index is 1610. The lowest BCUT2D eigenvalue weighted by Gasteiger charge is -2.46. The molecule has 3 aliphatic heterocycles. The largest absolute Gasteiger partial charge is 0.379 e. The van der Waals surface area contributed by atoms with E-state index in [0.717, 1.165) is 23.5 Å². The molecule has 0 bridgehead atoms. The molecule has 2 saturated heterocycles. The third kappa shape index (κ3) is 4.86. The highest BCUT2D eigenvalue weighted by atomic mass is 19.1. The maximum Gasteiger partial charge on any atom is 0.254 e. The molecule has 0 saturated carbocycles. The number of nitrogens with zero attached hydrogens (tertiary/aromatic N) is 2. The van der Waals surface area contributed by atoms with Gasteiger partial charge in [-0.05, 0) is 19.4 Å². The average Bonchev–Trinajstić information content (AvgIpc) is 3.35. The van der Waals surface area contributed by atoms with Crippen molar-refractivity contribution in [1.29, 1.82) is 0 Å². The number of carbonyl (C=O) groups is 2. The van der Waals surface area contributed by atoms with Crippen molar-refractivity contribution in [2.24, 2.45) is 5.92 Å². The number of hydrogen-bond acceptors (Lipinski definition) is 5. The van der Waals surface area contributed by atoms with Crippen LogP contribution in [0.25, 0.3) is 0 Å². The highest BCUT2D eigenvalue weighted by Crippen LogP contribution is 2.52. The SMILES string of the molecule is C=C=C(NC)C(=O)C(=C)C1C[C@H]2CN(CC)C(=C=C)C3=C(C=C)C(=C=C)C(C(=O)NCc4ccc(F)cc4F)=C1N32.[HH].[HH].[HH]. The summed E-state index contributed by atoms with van der Waals surface area (Å²) < 4.78 is 27.8. The van der Waals surface area contributed by atoms with E-state index in [1.807, 2.05) is 11.8 Å². The van der Waals surface area contributed by atoms with Crippen molar-refractivity contribution in [2.75, 3.05) is 20.1 Å². The monoisotopic (exact) mass is 560 g/mol. The molecule has 2 N–H and O–H groups in total. The normalized spacial score (nSPS) is 19.2. The number of likely N-dealkylation sites (N-methyl/N-ethyl adjacent to an activating group) is 2. The number of piperazine rings is 1. The molecule has 1 aromatic carbocycles. The van der Waals surface area contributed by atoms with Crippen molar-refractivity contribution in [3.8, 4) is 0 Å². The molecule has 2 fully saturated rings. The van der Waals surface area contributed by atoms with Crippen LogP contribution in [-0.4, -0.2) is 47.7 Å². The quantitative estimate of drug-likeness (QED) is 0.311. The summed E-state index contributed by atoms with van der Waals surface area (Å²) in [5.74, 6) is -2.95. The molecule has 1 unspecified atom stereocenters. The van der Waals surface area contributed by atoms with Crippen LogP contribution in [0.3, 0.4) is 0 Å². The van der Waals surface area contributed by atoms with Gasteiger partial charge in [0.05, 0.1) is 17.3 Å². The Labute approximate surface area is 243 Å². The highest BCUT2D eigenvalue weighted by Gasteiger charge is 2.51. The molecule has 0 radical (unpaired) electrons. The molecule has 1 aromatic rings. The number of allylic oxidation sites excluding steroid dienone is 4. The Morgan fingerprint density at radius 1 is 1.22 bits per heavy atom. The summed E-state index contributed by atoms with van der Waals surface area (Å²) in [6.45, 7) is 22.7. The lowest BCUT2D eigenvalue weighted by Crippen LogP contribution is -2.48. The predicted molar refractivity (Wildman–Crippen MR) is 161 cm³/mol. The minimum Gasteiger partial charge on any atom is -0.379 e. The minimum atomic E-state index is -0.773. The zero-order valence-electron chi connectivity index (χ0n) is 23.3. The van der Waals surface area contributed by atoms with Gasteiger partial charge in [0.1, 0.15) is 23.0 Å². The van der Waals surface area contributed by atoms with Crippen molar-refractivity contribution in [3.63, 3.8) is 0 Å². The summed E-state index contributed by atoms with van der Waals surface area (Å²) in [4.78, 5) is 31.6.